The summed E-state index contributed by atoms with van der Waals surface area (Å²) in [5.41, 5.74) is 0. The maximum atomic E-state index is 12.2. The van der Waals surface area contributed by atoms with Crippen LogP contribution in [0.25, 0.3) is 0 Å². The average Bonchev–Trinajstić information content (AvgIpc) is 2.35. The number of likely N-dealkylation sites (N-methyl/N-ethyl adjacent to an activating group) is 1. The fourth-order valence-corrected chi connectivity index (χ4v) is 3.52. The second-order valence-electron chi connectivity index (χ2n) is 4.35. The first-order valence-corrected chi connectivity index (χ1v) is 8.51. The van der Waals surface area contributed by atoms with Crippen LogP contribution in [0, 0.1) is 0 Å². The molecule has 0 radical (unpaired) electrons. The Morgan fingerprint density at radius 1 is 1.37 bits per heavy atom. The Morgan fingerprint density at radius 2 is 2.00 bits per heavy atom. The number of nitrogens with zero attached hydrogens (tertiary/aromatic N) is 2. The first-order valence-electron chi connectivity index (χ1n) is 6.24. The number of aromatic nitrogens is 1. The van der Waals surface area contributed by atoms with Crippen molar-refractivity contribution in [2.24, 2.45) is 0 Å². The lowest BCUT2D eigenvalue weighted by Gasteiger charge is -2.23. The molecule has 1 aromatic heterocycles. The summed E-state index contributed by atoms with van der Waals surface area (Å²) in [5.74, 6) is 0. The van der Waals surface area contributed by atoms with Gasteiger partial charge in [-0.25, -0.2) is 13.1 Å². The van der Waals surface area contributed by atoms with Crippen LogP contribution in [0.4, 0.5) is 0 Å². The summed E-state index contributed by atoms with van der Waals surface area (Å²) in [6.07, 6.45) is 2.90. The minimum Gasteiger partial charge on any atom is -0.302 e. The molecule has 0 aliphatic heterocycles. The highest BCUT2D eigenvalue weighted by Crippen LogP contribution is 2.14. The summed E-state index contributed by atoms with van der Waals surface area (Å²) in [4.78, 5) is 6.22. The predicted octanol–water partition coefficient (Wildman–Crippen LogP) is 1.85. The third kappa shape index (κ3) is 5.18. The van der Waals surface area contributed by atoms with E-state index in [1.54, 1.807) is 12.3 Å². The molecule has 19 heavy (non-hydrogen) atoms. The van der Waals surface area contributed by atoms with Gasteiger partial charge < -0.3 is 4.90 Å². The maximum absolute atomic E-state index is 12.2. The molecule has 0 fully saturated rings. The van der Waals surface area contributed by atoms with E-state index < -0.39 is 10.0 Å². The van der Waals surface area contributed by atoms with Crippen molar-refractivity contribution in [3.05, 3.63) is 22.9 Å². The Hall–Kier alpha value is -0.500. The van der Waals surface area contributed by atoms with E-state index in [0.717, 1.165) is 13.1 Å². The van der Waals surface area contributed by atoms with Gasteiger partial charge >= 0.3 is 0 Å². The molecular weight excluding hydrogens is 330 g/mol. The Balaban J connectivity index is 2.74. The molecule has 1 aromatic rings. The maximum Gasteiger partial charge on any atom is 0.242 e. The normalized spacial score (nSPS) is 13.7. The van der Waals surface area contributed by atoms with E-state index in [9.17, 15) is 8.42 Å². The molecule has 0 aliphatic rings. The molecule has 0 saturated carbocycles. The number of sulfonamides is 1. The molecule has 0 aliphatic carbocycles. The van der Waals surface area contributed by atoms with E-state index >= 15 is 0 Å². The van der Waals surface area contributed by atoms with Crippen LogP contribution in [0.5, 0.6) is 0 Å². The molecule has 1 heterocycles. The van der Waals surface area contributed by atoms with Gasteiger partial charge in [-0.3, -0.25) is 4.98 Å². The molecule has 0 spiro atoms. The monoisotopic (exact) mass is 349 g/mol. The van der Waals surface area contributed by atoms with E-state index in [1.807, 2.05) is 6.92 Å². The SMILES string of the molecule is CCN(CC)CC(C)NS(=O)(=O)c1cncc(Br)c1. The highest BCUT2D eigenvalue weighted by molar-refractivity contribution is 9.10. The van der Waals surface area contributed by atoms with Gasteiger partial charge in [0.25, 0.3) is 0 Å². The second kappa shape index (κ2) is 7.33. The van der Waals surface area contributed by atoms with Crippen molar-refractivity contribution in [1.82, 2.24) is 14.6 Å². The molecule has 1 atom stereocenters. The fraction of sp³-hybridized carbons (Fsp3) is 0.583. The van der Waals surface area contributed by atoms with Gasteiger partial charge in [0.2, 0.25) is 10.0 Å². The van der Waals surface area contributed by atoms with E-state index in [1.165, 1.54) is 6.20 Å². The lowest BCUT2D eigenvalue weighted by atomic mass is 10.3. The third-order valence-corrected chi connectivity index (χ3v) is 4.76. The lowest BCUT2D eigenvalue weighted by molar-refractivity contribution is 0.282. The molecule has 108 valence electrons. The van der Waals surface area contributed by atoms with Crippen molar-refractivity contribution in [3.63, 3.8) is 0 Å². The number of hydrogen-bond acceptors (Lipinski definition) is 4. The van der Waals surface area contributed by atoms with Gasteiger partial charge in [-0.2, -0.15) is 0 Å². The van der Waals surface area contributed by atoms with E-state index in [0.29, 0.717) is 11.0 Å². The zero-order valence-corrected chi connectivity index (χ0v) is 13.8. The van der Waals surface area contributed by atoms with Crippen molar-refractivity contribution in [2.75, 3.05) is 19.6 Å². The van der Waals surface area contributed by atoms with Crippen molar-refractivity contribution in [1.29, 1.82) is 0 Å². The molecule has 0 aromatic carbocycles. The average molecular weight is 350 g/mol. The van der Waals surface area contributed by atoms with E-state index in [2.05, 4.69) is 44.4 Å². The van der Waals surface area contributed by atoms with Crippen LogP contribution in [-0.2, 0) is 10.0 Å². The minimum absolute atomic E-state index is 0.149. The van der Waals surface area contributed by atoms with Gasteiger partial charge in [0.1, 0.15) is 4.90 Å². The fourth-order valence-electron chi connectivity index (χ4n) is 1.78. The summed E-state index contributed by atoms with van der Waals surface area (Å²) in [6, 6.07) is 1.39. The Kier molecular flexibility index (Phi) is 6.38. The molecule has 7 heteroatoms. The molecule has 1 unspecified atom stereocenters. The number of pyridine rings is 1. The van der Waals surface area contributed by atoms with Crippen LogP contribution in [-0.4, -0.2) is 44.0 Å². The zero-order valence-electron chi connectivity index (χ0n) is 11.4. The zero-order chi connectivity index (χ0) is 14.5. The Labute approximate surface area is 123 Å². The Bertz CT molecular complexity index is 503. The van der Waals surface area contributed by atoms with Gasteiger partial charge in [-0.15, -0.1) is 0 Å². The van der Waals surface area contributed by atoms with Crippen LogP contribution in [0.3, 0.4) is 0 Å². The second-order valence-corrected chi connectivity index (χ2v) is 6.98. The first kappa shape index (κ1) is 16.6. The van der Waals surface area contributed by atoms with Crippen LogP contribution in [0.2, 0.25) is 0 Å². The molecular formula is C12H20BrN3O2S. The van der Waals surface area contributed by atoms with Gasteiger partial charge in [-0.1, -0.05) is 13.8 Å². The van der Waals surface area contributed by atoms with Crippen LogP contribution in [0.1, 0.15) is 20.8 Å². The van der Waals surface area contributed by atoms with Gasteiger partial charge in [0.05, 0.1) is 0 Å². The van der Waals surface area contributed by atoms with Crippen LogP contribution in [0.15, 0.2) is 27.8 Å². The molecule has 0 amide bonds. The van der Waals surface area contributed by atoms with Gasteiger partial charge in [0, 0.05) is 29.5 Å². The Morgan fingerprint density at radius 3 is 2.53 bits per heavy atom. The summed E-state index contributed by atoms with van der Waals surface area (Å²) >= 11 is 3.22. The van der Waals surface area contributed by atoms with E-state index in [4.69, 9.17) is 0 Å². The summed E-state index contributed by atoms with van der Waals surface area (Å²) in [5, 5.41) is 0. The van der Waals surface area contributed by atoms with E-state index in [-0.39, 0.29) is 10.9 Å². The predicted molar refractivity (Wildman–Crippen MR) is 79.5 cm³/mol. The number of rotatable bonds is 7. The van der Waals surface area contributed by atoms with Gasteiger partial charge in [-0.05, 0) is 42.0 Å². The molecule has 1 N–H and O–H groups in total. The first-order chi connectivity index (χ1) is 8.89. The highest BCUT2D eigenvalue weighted by Gasteiger charge is 2.19. The van der Waals surface area contributed by atoms with Crippen LogP contribution >= 0.6 is 15.9 Å². The summed E-state index contributed by atoms with van der Waals surface area (Å²) in [6.45, 7) is 8.48. The standard InChI is InChI=1S/C12H20BrN3O2S/c1-4-16(5-2)9-10(3)15-19(17,18)12-6-11(13)7-14-8-12/h6-8,10,15H,4-5,9H2,1-3H3. The van der Waals surface area contributed by atoms with Crippen LogP contribution < -0.4 is 4.72 Å². The van der Waals surface area contributed by atoms with Crippen molar-refractivity contribution in [2.45, 2.75) is 31.7 Å². The molecule has 1 rings (SSSR count). The highest BCUT2D eigenvalue weighted by atomic mass is 79.9. The quantitative estimate of drug-likeness (QED) is 0.815. The number of nitrogens with one attached hydrogen (secondary N) is 1. The molecule has 5 nitrogen and oxygen atoms in total. The summed E-state index contributed by atoms with van der Waals surface area (Å²) in [7, 11) is -3.51. The van der Waals surface area contributed by atoms with Gasteiger partial charge in [0.15, 0.2) is 0 Å². The summed E-state index contributed by atoms with van der Waals surface area (Å²) < 4.78 is 27.6. The third-order valence-electron chi connectivity index (χ3n) is 2.77. The van der Waals surface area contributed by atoms with Crippen molar-refractivity contribution < 1.29 is 8.42 Å². The topological polar surface area (TPSA) is 62.3 Å². The molecule has 0 bridgehead atoms. The largest absolute Gasteiger partial charge is 0.302 e. The molecule has 0 saturated heterocycles. The number of halogens is 1. The lowest BCUT2D eigenvalue weighted by Crippen LogP contribution is -2.41. The van der Waals surface area contributed by atoms with Crippen molar-refractivity contribution >= 4 is 26.0 Å². The number of hydrogen-bond donors (Lipinski definition) is 1. The minimum atomic E-state index is -3.51. The smallest absolute Gasteiger partial charge is 0.242 e. The van der Waals surface area contributed by atoms with Crippen molar-refractivity contribution in [3.8, 4) is 0 Å².